The zero-order chi connectivity index (χ0) is 15.9. The van der Waals surface area contributed by atoms with E-state index in [1.807, 2.05) is 42.2 Å². The molecule has 0 saturated heterocycles. The average Bonchev–Trinajstić information content (AvgIpc) is 2.55. The van der Waals surface area contributed by atoms with Crippen LogP contribution in [0.1, 0.15) is 23.2 Å². The van der Waals surface area contributed by atoms with E-state index in [1.54, 1.807) is 6.07 Å². The predicted octanol–water partition coefficient (Wildman–Crippen LogP) is 1.06. The highest BCUT2D eigenvalue weighted by molar-refractivity contribution is 5.91. The number of aromatic nitrogens is 2. The van der Waals surface area contributed by atoms with Gasteiger partial charge in [-0.25, -0.2) is 9.97 Å². The number of carbonyl (C=O) groups is 1. The lowest BCUT2D eigenvalue weighted by atomic mass is 10.1. The molecule has 0 aliphatic rings. The number of likely N-dealkylation sites (N-methyl/N-ethyl adjacent to an activating group) is 1. The molecule has 1 aromatic heterocycles. The monoisotopic (exact) mass is 300 g/mol. The van der Waals surface area contributed by atoms with Gasteiger partial charge in [-0.2, -0.15) is 0 Å². The molecule has 1 heterocycles. The molecule has 0 atom stereocenters. The molecule has 116 valence electrons. The number of rotatable bonds is 7. The van der Waals surface area contributed by atoms with Gasteiger partial charge in [-0.1, -0.05) is 37.3 Å². The zero-order valence-corrected chi connectivity index (χ0v) is 12.6. The summed E-state index contributed by atoms with van der Waals surface area (Å²) in [5.41, 5.74) is 7.13. The van der Waals surface area contributed by atoms with Gasteiger partial charge in [0.2, 0.25) is 0 Å². The van der Waals surface area contributed by atoms with Crippen LogP contribution in [0.15, 0.2) is 36.4 Å². The first-order valence-electron chi connectivity index (χ1n) is 7.20. The third kappa shape index (κ3) is 4.09. The first-order chi connectivity index (χ1) is 10.6. The molecule has 0 aliphatic carbocycles. The van der Waals surface area contributed by atoms with Gasteiger partial charge in [0.15, 0.2) is 0 Å². The van der Waals surface area contributed by atoms with Crippen molar-refractivity contribution in [2.75, 3.05) is 19.7 Å². The fraction of sp³-hybridized carbons (Fsp3) is 0.312. The van der Waals surface area contributed by atoms with Crippen LogP contribution in [-0.4, -0.2) is 45.6 Å². The van der Waals surface area contributed by atoms with Crippen molar-refractivity contribution in [2.45, 2.75) is 13.5 Å². The number of carbonyl (C=O) groups excluding carboxylic acids is 1. The highest BCUT2D eigenvalue weighted by Crippen LogP contribution is 2.18. The van der Waals surface area contributed by atoms with Gasteiger partial charge in [0.05, 0.1) is 18.8 Å². The molecule has 6 heteroatoms. The van der Waals surface area contributed by atoms with Crippen molar-refractivity contribution in [1.82, 2.24) is 14.9 Å². The predicted molar refractivity (Wildman–Crippen MR) is 84.0 cm³/mol. The Labute approximate surface area is 129 Å². The van der Waals surface area contributed by atoms with Crippen molar-refractivity contribution in [2.24, 2.45) is 5.73 Å². The first-order valence-corrected chi connectivity index (χ1v) is 7.20. The number of hydrogen-bond donors (Lipinski definition) is 2. The molecule has 3 N–H and O–H groups in total. The number of nitrogens with zero attached hydrogens (tertiary/aromatic N) is 3. The Bertz CT molecular complexity index is 631. The molecule has 6 nitrogen and oxygen atoms in total. The Hall–Kier alpha value is -2.31. The molecule has 0 spiro atoms. The Balaban J connectivity index is 2.37. The number of aliphatic hydroxyl groups is 1. The van der Waals surface area contributed by atoms with E-state index in [4.69, 9.17) is 10.8 Å². The van der Waals surface area contributed by atoms with Crippen LogP contribution in [0, 0.1) is 0 Å². The van der Waals surface area contributed by atoms with Gasteiger partial charge in [-0.05, 0) is 12.6 Å². The van der Waals surface area contributed by atoms with Crippen LogP contribution in [-0.2, 0) is 6.54 Å². The minimum absolute atomic E-state index is 0.0644. The standard InChI is InChI=1S/C16H20N4O2/c1-2-20(8-9-21)11-15-18-13(10-14(19-15)16(17)22)12-6-4-3-5-7-12/h3-7,10,21H,2,8-9,11H2,1H3,(H2,17,22). The summed E-state index contributed by atoms with van der Waals surface area (Å²) in [5.74, 6) is -0.0588. The average molecular weight is 300 g/mol. The van der Waals surface area contributed by atoms with Crippen LogP contribution in [0.2, 0.25) is 0 Å². The Morgan fingerprint density at radius 3 is 2.59 bits per heavy atom. The summed E-state index contributed by atoms with van der Waals surface area (Å²) in [5, 5.41) is 9.06. The highest BCUT2D eigenvalue weighted by Gasteiger charge is 2.12. The number of amides is 1. The molecule has 0 unspecified atom stereocenters. The third-order valence-electron chi connectivity index (χ3n) is 3.32. The highest BCUT2D eigenvalue weighted by atomic mass is 16.3. The summed E-state index contributed by atoms with van der Waals surface area (Å²) >= 11 is 0. The number of hydrogen-bond acceptors (Lipinski definition) is 5. The number of nitrogens with two attached hydrogens (primary N) is 1. The lowest BCUT2D eigenvalue weighted by Crippen LogP contribution is -2.27. The van der Waals surface area contributed by atoms with Crippen LogP contribution in [0.4, 0.5) is 0 Å². The number of primary amides is 1. The van der Waals surface area contributed by atoms with Crippen molar-refractivity contribution in [3.05, 3.63) is 47.9 Å². The fourth-order valence-corrected chi connectivity index (χ4v) is 2.14. The largest absolute Gasteiger partial charge is 0.395 e. The molecule has 0 saturated carbocycles. The topological polar surface area (TPSA) is 92.3 Å². The van der Waals surface area contributed by atoms with E-state index in [9.17, 15) is 4.79 Å². The maximum atomic E-state index is 11.5. The van der Waals surface area contributed by atoms with Gasteiger partial charge in [-0.3, -0.25) is 9.69 Å². The van der Waals surface area contributed by atoms with Gasteiger partial charge in [0.1, 0.15) is 11.5 Å². The molecule has 22 heavy (non-hydrogen) atoms. The van der Waals surface area contributed by atoms with Crippen LogP contribution < -0.4 is 5.73 Å². The summed E-state index contributed by atoms with van der Waals surface area (Å²) in [6.45, 7) is 3.80. The van der Waals surface area contributed by atoms with Crippen molar-refractivity contribution in [1.29, 1.82) is 0 Å². The van der Waals surface area contributed by atoms with Crippen molar-refractivity contribution in [3.63, 3.8) is 0 Å². The number of benzene rings is 1. The van der Waals surface area contributed by atoms with E-state index >= 15 is 0 Å². The molecule has 2 aromatic rings. The Morgan fingerprint density at radius 1 is 1.27 bits per heavy atom. The fourth-order valence-electron chi connectivity index (χ4n) is 2.14. The zero-order valence-electron chi connectivity index (χ0n) is 12.6. The molecule has 0 radical (unpaired) electrons. The summed E-state index contributed by atoms with van der Waals surface area (Å²) in [6, 6.07) is 11.2. The van der Waals surface area contributed by atoms with Gasteiger partial charge in [0.25, 0.3) is 5.91 Å². The molecule has 0 bridgehead atoms. The van der Waals surface area contributed by atoms with Crippen molar-refractivity contribution < 1.29 is 9.90 Å². The second-order valence-electron chi connectivity index (χ2n) is 4.88. The molecule has 1 amide bonds. The Morgan fingerprint density at radius 2 is 2.00 bits per heavy atom. The maximum Gasteiger partial charge on any atom is 0.267 e. The molecule has 0 fully saturated rings. The smallest absolute Gasteiger partial charge is 0.267 e. The summed E-state index contributed by atoms with van der Waals surface area (Å²) < 4.78 is 0. The van der Waals surface area contributed by atoms with Crippen LogP contribution in [0.25, 0.3) is 11.3 Å². The van der Waals surface area contributed by atoms with Gasteiger partial charge >= 0.3 is 0 Å². The molecule has 0 aliphatic heterocycles. The Kier molecular flexibility index (Phi) is 5.57. The summed E-state index contributed by atoms with van der Waals surface area (Å²) in [7, 11) is 0. The maximum absolute atomic E-state index is 11.5. The second kappa shape index (κ2) is 7.63. The van der Waals surface area contributed by atoms with E-state index in [0.29, 0.717) is 24.6 Å². The summed E-state index contributed by atoms with van der Waals surface area (Å²) in [6.07, 6.45) is 0. The van der Waals surface area contributed by atoms with E-state index in [0.717, 1.165) is 12.1 Å². The van der Waals surface area contributed by atoms with Crippen LogP contribution in [0.5, 0.6) is 0 Å². The number of aliphatic hydroxyl groups excluding tert-OH is 1. The third-order valence-corrected chi connectivity index (χ3v) is 3.32. The minimum Gasteiger partial charge on any atom is -0.395 e. The quantitative estimate of drug-likeness (QED) is 0.797. The van der Waals surface area contributed by atoms with Crippen molar-refractivity contribution in [3.8, 4) is 11.3 Å². The lowest BCUT2D eigenvalue weighted by molar-refractivity contribution is 0.0994. The van der Waals surface area contributed by atoms with E-state index in [2.05, 4.69) is 9.97 Å². The van der Waals surface area contributed by atoms with Gasteiger partial charge < -0.3 is 10.8 Å². The lowest BCUT2D eigenvalue weighted by Gasteiger charge is -2.18. The molecule has 2 rings (SSSR count). The molecular formula is C16H20N4O2. The molecular weight excluding hydrogens is 280 g/mol. The van der Waals surface area contributed by atoms with E-state index in [-0.39, 0.29) is 12.3 Å². The SMILES string of the molecule is CCN(CCO)Cc1nc(C(N)=O)cc(-c2ccccc2)n1. The second-order valence-corrected chi connectivity index (χ2v) is 4.88. The van der Waals surface area contributed by atoms with Crippen molar-refractivity contribution >= 4 is 5.91 Å². The van der Waals surface area contributed by atoms with E-state index < -0.39 is 5.91 Å². The van der Waals surface area contributed by atoms with Gasteiger partial charge in [-0.15, -0.1) is 0 Å². The molecule has 1 aromatic carbocycles. The minimum atomic E-state index is -0.578. The summed E-state index contributed by atoms with van der Waals surface area (Å²) in [4.78, 5) is 22.2. The van der Waals surface area contributed by atoms with E-state index in [1.165, 1.54) is 0 Å². The van der Waals surface area contributed by atoms with Crippen LogP contribution >= 0.6 is 0 Å². The van der Waals surface area contributed by atoms with Crippen LogP contribution in [0.3, 0.4) is 0 Å². The normalized spacial score (nSPS) is 10.9. The van der Waals surface area contributed by atoms with Gasteiger partial charge in [0, 0.05) is 12.1 Å². The first kappa shape index (κ1) is 16.1.